The van der Waals surface area contributed by atoms with Crippen LogP contribution in [0.5, 0.6) is 5.75 Å². The molecule has 0 aliphatic heterocycles. The molecule has 2 amide bonds. The van der Waals surface area contributed by atoms with E-state index in [9.17, 15) is 9.59 Å². The minimum absolute atomic E-state index is 0.0301. The van der Waals surface area contributed by atoms with Crippen LogP contribution in [0.15, 0.2) is 54.6 Å². The molecule has 24 heavy (non-hydrogen) atoms. The van der Waals surface area contributed by atoms with E-state index in [0.717, 1.165) is 12.2 Å². The number of hydrogen-bond donors (Lipinski definition) is 1. The Morgan fingerprint density at radius 1 is 1.08 bits per heavy atom. The van der Waals surface area contributed by atoms with Crippen LogP contribution in [0, 0.1) is 0 Å². The van der Waals surface area contributed by atoms with Gasteiger partial charge in [-0.05, 0) is 37.6 Å². The Labute approximate surface area is 142 Å². The average molecular weight is 326 g/mol. The molecule has 0 saturated heterocycles. The van der Waals surface area contributed by atoms with Crippen molar-refractivity contribution in [2.75, 3.05) is 25.5 Å². The lowest BCUT2D eigenvalue weighted by molar-refractivity contribution is 0.101. The van der Waals surface area contributed by atoms with Crippen LogP contribution in [0.3, 0.4) is 0 Å². The normalized spacial score (nSPS) is 10.1. The van der Waals surface area contributed by atoms with Gasteiger partial charge in [0.15, 0.2) is 5.78 Å². The fraction of sp³-hybridized carbons (Fsp3) is 0.263. The van der Waals surface area contributed by atoms with Crippen LogP contribution in [-0.2, 0) is 0 Å². The topological polar surface area (TPSA) is 58.6 Å². The van der Waals surface area contributed by atoms with Crippen LogP contribution in [0.2, 0.25) is 0 Å². The van der Waals surface area contributed by atoms with E-state index in [0.29, 0.717) is 24.4 Å². The second-order valence-electron chi connectivity index (χ2n) is 5.50. The van der Waals surface area contributed by atoms with E-state index in [1.54, 1.807) is 36.2 Å². The van der Waals surface area contributed by atoms with Gasteiger partial charge in [0, 0.05) is 24.8 Å². The summed E-state index contributed by atoms with van der Waals surface area (Å²) in [5.74, 6) is 0.795. The third kappa shape index (κ3) is 5.43. The third-order valence-electron chi connectivity index (χ3n) is 3.52. The Morgan fingerprint density at radius 2 is 1.83 bits per heavy atom. The largest absolute Gasteiger partial charge is 0.494 e. The number of nitrogens with one attached hydrogen (secondary N) is 1. The van der Waals surface area contributed by atoms with E-state index in [1.807, 2.05) is 30.3 Å². The van der Waals surface area contributed by atoms with E-state index >= 15 is 0 Å². The first-order chi connectivity index (χ1) is 11.6. The number of carbonyl (C=O) groups excluding carboxylic acids is 2. The summed E-state index contributed by atoms with van der Waals surface area (Å²) in [6.45, 7) is 2.62. The van der Waals surface area contributed by atoms with Gasteiger partial charge in [-0.1, -0.05) is 30.3 Å². The lowest BCUT2D eigenvalue weighted by Gasteiger charge is -2.18. The number of ketones is 1. The van der Waals surface area contributed by atoms with Crippen molar-refractivity contribution in [2.45, 2.75) is 13.3 Å². The predicted molar refractivity (Wildman–Crippen MR) is 94.6 cm³/mol. The number of amides is 2. The van der Waals surface area contributed by atoms with Crippen molar-refractivity contribution in [3.8, 4) is 5.75 Å². The number of carbonyl (C=O) groups is 2. The van der Waals surface area contributed by atoms with Gasteiger partial charge < -0.3 is 15.0 Å². The highest BCUT2D eigenvalue weighted by molar-refractivity contribution is 5.96. The van der Waals surface area contributed by atoms with Gasteiger partial charge in [-0.25, -0.2) is 4.79 Å². The molecule has 0 bridgehead atoms. The summed E-state index contributed by atoms with van der Waals surface area (Å²) in [6, 6.07) is 16.3. The zero-order chi connectivity index (χ0) is 17.4. The monoisotopic (exact) mass is 326 g/mol. The van der Waals surface area contributed by atoms with Crippen LogP contribution in [0.1, 0.15) is 23.7 Å². The van der Waals surface area contributed by atoms with Crippen LogP contribution in [0.25, 0.3) is 0 Å². The summed E-state index contributed by atoms with van der Waals surface area (Å²) in [7, 11) is 1.73. The Balaban J connectivity index is 1.76. The maximum Gasteiger partial charge on any atom is 0.321 e. The molecule has 2 aromatic rings. The highest BCUT2D eigenvalue weighted by Gasteiger charge is 2.09. The Bertz CT molecular complexity index is 686. The molecule has 0 aromatic heterocycles. The molecule has 0 radical (unpaired) electrons. The van der Waals surface area contributed by atoms with Crippen LogP contribution < -0.4 is 10.1 Å². The van der Waals surface area contributed by atoms with Crippen LogP contribution in [-0.4, -0.2) is 36.9 Å². The maximum absolute atomic E-state index is 12.1. The molecule has 0 atom stereocenters. The van der Waals surface area contributed by atoms with Crippen molar-refractivity contribution in [1.29, 1.82) is 0 Å². The van der Waals surface area contributed by atoms with E-state index in [-0.39, 0.29) is 11.8 Å². The molecule has 0 unspecified atom stereocenters. The van der Waals surface area contributed by atoms with Gasteiger partial charge in [0.25, 0.3) is 0 Å². The second kappa shape index (κ2) is 8.72. The fourth-order valence-corrected chi connectivity index (χ4v) is 2.14. The van der Waals surface area contributed by atoms with E-state index in [4.69, 9.17) is 4.74 Å². The number of ether oxygens (including phenoxy) is 1. The molecule has 0 saturated carbocycles. The molecule has 1 N–H and O–H groups in total. The highest BCUT2D eigenvalue weighted by atomic mass is 16.5. The average Bonchev–Trinajstić information content (AvgIpc) is 2.59. The van der Waals surface area contributed by atoms with Crippen molar-refractivity contribution >= 4 is 17.5 Å². The third-order valence-corrected chi connectivity index (χ3v) is 3.52. The molecule has 2 rings (SSSR count). The van der Waals surface area contributed by atoms with E-state index in [1.165, 1.54) is 6.92 Å². The van der Waals surface area contributed by atoms with Gasteiger partial charge in [0.1, 0.15) is 5.75 Å². The van der Waals surface area contributed by atoms with Gasteiger partial charge >= 0.3 is 6.03 Å². The predicted octanol–water partition coefficient (Wildman–Crippen LogP) is 3.82. The smallest absolute Gasteiger partial charge is 0.321 e. The van der Waals surface area contributed by atoms with Gasteiger partial charge in [0.2, 0.25) is 0 Å². The molecule has 2 aromatic carbocycles. The number of Topliss-reactive ketones (excluding diaryl/α,β-unsaturated/α-hetero) is 1. The minimum Gasteiger partial charge on any atom is -0.494 e. The summed E-state index contributed by atoms with van der Waals surface area (Å²) in [5.41, 5.74) is 1.19. The molecule has 126 valence electrons. The second-order valence-corrected chi connectivity index (χ2v) is 5.50. The number of para-hydroxylation sites is 1. The van der Waals surface area contributed by atoms with Gasteiger partial charge in [-0.3, -0.25) is 4.79 Å². The first-order valence-electron chi connectivity index (χ1n) is 7.87. The van der Waals surface area contributed by atoms with Crippen molar-refractivity contribution < 1.29 is 14.3 Å². The Kier molecular flexibility index (Phi) is 6.37. The van der Waals surface area contributed by atoms with E-state index < -0.39 is 0 Å². The molecule has 0 spiro atoms. The summed E-state index contributed by atoms with van der Waals surface area (Å²) >= 11 is 0. The number of benzene rings is 2. The van der Waals surface area contributed by atoms with Crippen molar-refractivity contribution in [3.05, 3.63) is 60.2 Å². The van der Waals surface area contributed by atoms with Gasteiger partial charge in [-0.15, -0.1) is 0 Å². The van der Waals surface area contributed by atoms with Crippen molar-refractivity contribution in [3.63, 3.8) is 0 Å². The van der Waals surface area contributed by atoms with Crippen LogP contribution in [0.4, 0.5) is 10.5 Å². The van der Waals surface area contributed by atoms with Gasteiger partial charge in [-0.2, -0.15) is 0 Å². The quantitative estimate of drug-likeness (QED) is 0.621. The first kappa shape index (κ1) is 17.5. The number of hydrogen-bond acceptors (Lipinski definition) is 3. The molecule has 5 heteroatoms. The molecule has 0 fully saturated rings. The first-order valence-corrected chi connectivity index (χ1v) is 7.87. The standard InChI is InChI=1S/C19H22N2O3/c1-15(22)16-8-6-9-17(14-16)20-19(23)21(2)12-7-13-24-18-10-4-3-5-11-18/h3-6,8-11,14H,7,12-13H2,1-2H3,(H,20,23). The lowest BCUT2D eigenvalue weighted by atomic mass is 10.1. The zero-order valence-electron chi connectivity index (χ0n) is 14.0. The number of anilines is 1. The summed E-state index contributed by atoms with van der Waals surface area (Å²) < 4.78 is 5.60. The fourth-order valence-electron chi connectivity index (χ4n) is 2.14. The Hall–Kier alpha value is -2.82. The lowest BCUT2D eigenvalue weighted by Crippen LogP contribution is -2.32. The van der Waals surface area contributed by atoms with Crippen molar-refractivity contribution in [1.82, 2.24) is 4.90 Å². The molecule has 5 nitrogen and oxygen atoms in total. The summed E-state index contributed by atoms with van der Waals surface area (Å²) in [5, 5.41) is 2.79. The number of rotatable bonds is 7. The van der Waals surface area contributed by atoms with E-state index in [2.05, 4.69) is 5.32 Å². The summed E-state index contributed by atoms with van der Waals surface area (Å²) in [6.07, 6.45) is 0.728. The minimum atomic E-state index is -0.213. The molecular formula is C19H22N2O3. The molecule has 0 aliphatic rings. The highest BCUT2D eigenvalue weighted by Crippen LogP contribution is 2.12. The molecule has 0 heterocycles. The van der Waals surface area contributed by atoms with Crippen molar-refractivity contribution in [2.24, 2.45) is 0 Å². The van der Waals surface area contributed by atoms with Crippen LogP contribution >= 0.6 is 0 Å². The number of urea groups is 1. The zero-order valence-corrected chi connectivity index (χ0v) is 14.0. The summed E-state index contributed by atoms with van der Waals surface area (Å²) in [4.78, 5) is 25.1. The molecule has 0 aliphatic carbocycles. The molecular weight excluding hydrogens is 304 g/mol. The number of nitrogens with zero attached hydrogens (tertiary/aromatic N) is 1. The SMILES string of the molecule is CC(=O)c1cccc(NC(=O)N(C)CCCOc2ccccc2)c1. The maximum atomic E-state index is 12.1. The Morgan fingerprint density at radius 3 is 2.54 bits per heavy atom. The van der Waals surface area contributed by atoms with Gasteiger partial charge in [0.05, 0.1) is 6.61 Å².